The zero-order chi connectivity index (χ0) is 36.1. The highest BCUT2D eigenvalue weighted by Crippen LogP contribution is 2.25. The fourth-order valence-corrected chi connectivity index (χ4v) is 4.18. The van der Waals surface area contributed by atoms with Crippen LogP contribution in [-0.4, -0.2) is 68.9 Å². The molecule has 3 aromatic rings. The molecule has 0 heterocycles. The average molecular weight is 672 g/mol. The number of ketones is 2. The van der Waals surface area contributed by atoms with Gasteiger partial charge in [-0.1, -0.05) is 25.3 Å². The standard InChI is InChI=1S/C37H37NO11/c1-22(2)34(41)45-15-17-47-36(43)31-21-32(37(44)48-18-16-46-35(42)23(3)4)30(20-29(31)24(5)39)33(40)19-25-7-11-27(12-8-25)49-28-13-9-26(38-6)10-14-28/h7-14,20-21,38H,1,3,15-19H2,2,4-6H3. The Hall–Kier alpha value is -6.04. The van der Waals surface area contributed by atoms with Crippen molar-refractivity contribution in [3.05, 3.63) is 113 Å². The zero-order valence-corrected chi connectivity index (χ0v) is 27.7. The third-order valence-corrected chi connectivity index (χ3v) is 6.74. The predicted molar refractivity (Wildman–Crippen MR) is 179 cm³/mol. The van der Waals surface area contributed by atoms with Gasteiger partial charge in [-0.05, 0) is 74.9 Å². The number of anilines is 1. The van der Waals surface area contributed by atoms with Crippen molar-refractivity contribution in [3.8, 4) is 11.5 Å². The van der Waals surface area contributed by atoms with E-state index < -0.39 is 35.4 Å². The van der Waals surface area contributed by atoms with Gasteiger partial charge in [0.05, 0.1) is 11.1 Å². The van der Waals surface area contributed by atoms with E-state index in [1.807, 2.05) is 19.2 Å². The number of carbonyl (C=O) groups is 6. The molecule has 0 aromatic heterocycles. The Balaban J connectivity index is 1.86. The predicted octanol–water partition coefficient (Wildman–Crippen LogP) is 5.70. The number of hydrogen-bond donors (Lipinski definition) is 1. The van der Waals surface area contributed by atoms with Crippen LogP contribution in [0.2, 0.25) is 0 Å². The van der Waals surface area contributed by atoms with Gasteiger partial charge in [-0.3, -0.25) is 9.59 Å². The molecule has 0 unspecified atom stereocenters. The molecule has 3 rings (SSSR count). The molecule has 0 amide bonds. The highest BCUT2D eigenvalue weighted by atomic mass is 16.6. The van der Waals surface area contributed by atoms with Crippen molar-refractivity contribution >= 4 is 41.1 Å². The monoisotopic (exact) mass is 671 g/mol. The normalized spacial score (nSPS) is 10.3. The van der Waals surface area contributed by atoms with Gasteiger partial charge in [0, 0.05) is 41.4 Å². The van der Waals surface area contributed by atoms with Crippen molar-refractivity contribution < 1.29 is 52.5 Å². The maximum Gasteiger partial charge on any atom is 0.339 e. The first kappa shape index (κ1) is 37.4. The number of esters is 4. The number of ether oxygens (including phenoxy) is 5. The first-order valence-corrected chi connectivity index (χ1v) is 15.1. The Morgan fingerprint density at radius 1 is 0.592 bits per heavy atom. The molecule has 0 radical (unpaired) electrons. The summed E-state index contributed by atoms with van der Waals surface area (Å²) in [6.45, 7) is 9.73. The lowest BCUT2D eigenvalue weighted by molar-refractivity contribution is -0.140. The van der Waals surface area contributed by atoms with Crippen LogP contribution in [-0.2, 0) is 35.0 Å². The van der Waals surface area contributed by atoms with Gasteiger partial charge in [-0.2, -0.15) is 0 Å². The maximum absolute atomic E-state index is 13.6. The highest BCUT2D eigenvalue weighted by molar-refractivity contribution is 6.13. The van der Waals surface area contributed by atoms with Crippen LogP contribution in [0, 0.1) is 0 Å². The number of hydrogen-bond acceptors (Lipinski definition) is 12. The van der Waals surface area contributed by atoms with Crippen LogP contribution in [0.15, 0.2) is 85.0 Å². The van der Waals surface area contributed by atoms with Crippen LogP contribution >= 0.6 is 0 Å². The van der Waals surface area contributed by atoms with E-state index in [2.05, 4.69) is 18.5 Å². The zero-order valence-electron chi connectivity index (χ0n) is 27.7. The minimum Gasteiger partial charge on any atom is -0.459 e. The molecule has 0 aliphatic rings. The van der Waals surface area contributed by atoms with E-state index in [9.17, 15) is 28.8 Å². The molecule has 3 aromatic carbocycles. The minimum atomic E-state index is -1.01. The molecular formula is C37H37NO11. The van der Waals surface area contributed by atoms with Crippen LogP contribution in [0.4, 0.5) is 5.69 Å². The number of Topliss-reactive ketones (excluding diaryl/α,β-unsaturated/α-hetero) is 2. The fraction of sp³-hybridized carbons (Fsp3) is 0.243. The minimum absolute atomic E-state index is 0.152. The Morgan fingerprint density at radius 3 is 1.47 bits per heavy atom. The van der Waals surface area contributed by atoms with E-state index >= 15 is 0 Å². The lowest BCUT2D eigenvalue weighted by Crippen LogP contribution is -2.21. The van der Waals surface area contributed by atoms with Crippen LogP contribution in [0.25, 0.3) is 0 Å². The van der Waals surface area contributed by atoms with Crippen molar-refractivity contribution in [1.29, 1.82) is 0 Å². The second kappa shape index (κ2) is 17.8. The second-order valence-electron chi connectivity index (χ2n) is 10.7. The van der Waals surface area contributed by atoms with Crippen molar-refractivity contribution in [2.75, 3.05) is 38.8 Å². The van der Waals surface area contributed by atoms with E-state index in [0.717, 1.165) is 17.8 Å². The first-order chi connectivity index (χ1) is 23.3. The largest absolute Gasteiger partial charge is 0.459 e. The van der Waals surface area contributed by atoms with Gasteiger partial charge in [0.25, 0.3) is 0 Å². The Kier molecular flexibility index (Phi) is 13.6. The molecule has 0 spiro atoms. The van der Waals surface area contributed by atoms with Gasteiger partial charge in [-0.15, -0.1) is 0 Å². The van der Waals surface area contributed by atoms with Crippen molar-refractivity contribution in [1.82, 2.24) is 0 Å². The van der Waals surface area contributed by atoms with Gasteiger partial charge >= 0.3 is 23.9 Å². The van der Waals surface area contributed by atoms with Crippen molar-refractivity contribution in [3.63, 3.8) is 0 Å². The molecule has 0 aliphatic heterocycles. The first-order valence-electron chi connectivity index (χ1n) is 15.1. The lowest BCUT2D eigenvalue weighted by Gasteiger charge is -2.15. The highest BCUT2D eigenvalue weighted by Gasteiger charge is 2.26. The topological polar surface area (TPSA) is 161 Å². The van der Waals surface area contributed by atoms with Crippen LogP contribution < -0.4 is 10.1 Å². The molecular weight excluding hydrogens is 634 g/mol. The van der Waals surface area contributed by atoms with Crippen LogP contribution in [0.3, 0.4) is 0 Å². The van der Waals surface area contributed by atoms with Crippen molar-refractivity contribution in [2.24, 2.45) is 0 Å². The SMILES string of the molecule is C=C(C)C(=O)OCCOC(=O)c1cc(C(=O)OCCOC(=O)C(=C)C)c(C(=O)Cc2ccc(Oc3ccc(NC)cc3)cc2)cc1C(C)=O. The lowest BCUT2D eigenvalue weighted by atomic mass is 9.92. The van der Waals surface area contributed by atoms with Crippen LogP contribution in [0.1, 0.15) is 67.8 Å². The fourth-order valence-electron chi connectivity index (χ4n) is 4.18. The molecule has 0 atom stereocenters. The number of nitrogens with one attached hydrogen (secondary N) is 1. The molecule has 49 heavy (non-hydrogen) atoms. The molecule has 256 valence electrons. The molecule has 0 aliphatic carbocycles. The van der Waals surface area contributed by atoms with E-state index in [4.69, 9.17) is 23.7 Å². The quantitative estimate of drug-likeness (QED) is 0.0614. The Morgan fingerprint density at radius 2 is 1.02 bits per heavy atom. The Labute approximate surface area is 283 Å². The smallest absolute Gasteiger partial charge is 0.339 e. The Bertz CT molecular complexity index is 1760. The van der Waals surface area contributed by atoms with Gasteiger partial charge in [0.1, 0.15) is 37.9 Å². The molecule has 12 heteroatoms. The van der Waals surface area contributed by atoms with Crippen LogP contribution in [0.5, 0.6) is 11.5 Å². The molecule has 0 fully saturated rings. The molecule has 1 N–H and O–H groups in total. The summed E-state index contributed by atoms with van der Waals surface area (Å²) in [5, 5.41) is 3.03. The summed E-state index contributed by atoms with van der Waals surface area (Å²) in [5.74, 6) is -3.36. The van der Waals surface area contributed by atoms with E-state index in [0.29, 0.717) is 17.1 Å². The van der Waals surface area contributed by atoms with E-state index in [1.54, 1.807) is 36.4 Å². The van der Waals surface area contributed by atoms with Crippen molar-refractivity contribution in [2.45, 2.75) is 27.2 Å². The average Bonchev–Trinajstić information content (AvgIpc) is 3.08. The summed E-state index contributed by atoms with van der Waals surface area (Å²) in [5.41, 5.74) is 0.841. The summed E-state index contributed by atoms with van der Waals surface area (Å²) in [6, 6.07) is 16.3. The summed E-state index contributed by atoms with van der Waals surface area (Å²) >= 11 is 0. The summed E-state index contributed by atoms with van der Waals surface area (Å²) in [6.07, 6.45) is -0.178. The van der Waals surface area contributed by atoms with Gasteiger partial charge in [0.15, 0.2) is 11.6 Å². The van der Waals surface area contributed by atoms with Gasteiger partial charge in [0.2, 0.25) is 0 Å². The van der Waals surface area contributed by atoms with Gasteiger partial charge < -0.3 is 29.0 Å². The molecule has 0 saturated carbocycles. The third-order valence-electron chi connectivity index (χ3n) is 6.74. The van der Waals surface area contributed by atoms with E-state index in [-0.39, 0.29) is 66.2 Å². The molecule has 12 nitrogen and oxygen atoms in total. The third kappa shape index (κ3) is 11.0. The number of rotatable bonds is 17. The molecule has 0 saturated heterocycles. The number of benzene rings is 3. The molecule has 0 bridgehead atoms. The maximum atomic E-state index is 13.6. The summed E-state index contributed by atoms with van der Waals surface area (Å²) < 4.78 is 26.1. The summed E-state index contributed by atoms with van der Waals surface area (Å²) in [4.78, 5) is 75.9. The second-order valence-corrected chi connectivity index (χ2v) is 10.7. The number of carbonyl (C=O) groups excluding carboxylic acids is 6. The van der Waals surface area contributed by atoms with Gasteiger partial charge in [-0.25, -0.2) is 19.2 Å². The summed E-state index contributed by atoms with van der Waals surface area (Å²) in [7, 11) is 1.81. The van der Waals surface area contributed by atoms with E-state index in [1.165, 1.54) is 20.8 Å².